The number of rotatable bonds is 9. The van der Waals surface area contributed by atoms with Crippen LogP contribution in [0.2, 0.25) is 0 Å². The third-order valence-corrected chi connectivity index (χ3v) is 7.66. The van der Waals surface area contributed by atoms with E-state index in [0.717, 1.165) is 21.6 Å². The van der Waals surface area contributed by atoms with Crippen LogP contribution in [0, 0.1) is 0 Å². The SMILES string of the molecule is NCc1ccc(NC(=O)c2cc3c(cc2-c2ccc(C(=O)NCCCO)nc2C(=O)O)OCCc2ccsc2-3)cc1. The maximum Gasteiger partial charge on any atom is 0.355 e. The lowest BCUT2D eigenvalue weighted by atomic mass is 9.93. The minimum absolute atomic E-state index is 0.0932. The average molecular weight is 573 g/mol. The van der Waals surface area contributed by atoms with E-state index >= 15 is 0 Å². The van der Waals surface area contributed by atoms with E-state index in [9.17, 15) is 19.5 Å². The van der Waals surface area contributed by atoms with Crippen molar-refractivity contribution >= 4 is 34.8 Å². The van der Waals surface area contributed by atoms with Gasteiger partial charge in [0.2, 0.25) is 0 Å². The number of fused-ring (bicyclic) bond motifs is 3. The first kappa shape index (κ1) is 28.0. The maximum atomic E-state index is 13.8. The van der Waals surface area contributed by atoms with E-state index in [1.165, 1.54) is 12.1 Å². The smallest absolute Gasteiger partial charge is 0.355 e. The van der Waals surface area contributed by atoms with Gasteiger partial charge >= 0.3 is 5.97 Å². The second kappa shape index (κ2) is 12.3. The molecule has 0 spiro atoms. The minimum Gasteiger partial charge on any atom is -0.493 e. The maximum absolute atomic E-state index is 13.8. The number of aliphatic hydroxyl groups is 1. The fraction of sp³-hybridized carbons (Fsp3) is 0.200. The van der Waals surface area contributed by atoms with Gasteiger partial charge in [-0.1, -0.05) is 12.1 Å². The summed E-state index contributed by atoms with van der Waals surface area (Å²) in [5.41, 5.74) is 9.21. The first-order valence-corrected chi connectivity index (χ1v) is 13.9. The molecule has 41 heavy (non-hydrogen) atoms. The first-order chi connectivity index (χ1) is 19.9. The minimum atomic E-state index is -1.36. The highest BCUT2D eigenvalue weighted by molar-refractivity contribution is 7.13. The van der Waals surface area contributed by atoms with Crippen LogP contribution in [0.4, 0.5) is 5.69 Å². The predicted octanol–water partition coefficient (Wildman–Crippen LogP) is 3.93. The van der Waals surface area contributed by atoms with Gasteiger partial charge in [0, 0.05) is 58.9 Å². The topological polar surface area (TPSA) is 164 Å². The molecule has 210 valence electrons. The molecule has 11 heteroatoms. The van der Waals surface area contributed by atoms with Crippen LogP contribution in [0.15, 0.2) is 60.0 Å². The van der Waals surface area contributed by atoms with Gasteiger partial charge in [0.15, 0.2) is 5.69 Å². The number of benzene rings is 2. The molecular weight excluding hydrogens is 544 g/mol. The molecule has 2 aromatic carbocycles. The van der Waals surface area contributed by atoms with Crippen LogP contribution in [0.3, 0.4) is 0 Å². The number of nitrogens with two attached hydrogens (primary N) is 1. The summed E-state index contributed by atoms with van der Waals surface area (Å²) >= 11 is 1.54. The molecule has 2 amide bonds. The second-order valence-electron chi connectivity index (χ2n) is 9.35. The number of aromatic carboxylic acids is 1. The Hall–Kier alpha value is -4.58. The molecule has 1 aliphatic heterocycles. The number of carbonyl (C=O) groups excluding carboxylic acids is 2. The van der Waals surface area contributed by atoms with E-state index in [-0.39, 0.29) is 35.7 Å². The highest BCUT2D eigenvalue weighted by Crippen LogP contribution is 2.43. The third kappa shape index (κ3) is 5.97. The van der Waals surface area contributed by atoms with Crippen molar-refractivity contribution in [3.63, 3.8) is 0 Å². The number of amides is 2. The second-order valence-corrected chi connectivity index (χ2v) is 10.3. The van der Waals surface area contributed by atoms with Gasteiger partial charge in [-0.25, -0.2) is 9.78 Å². The van der Waals surface area contributed by atoms with Gasteiger partial charge in [0.25, 0.3) is 11.8 Å². The summed E-state index contributed by atoms with van der Waals surface area (Å²) in [6.07, 6.45) is 1.05. The van der Waals surface area contributed by atoms with Gasteiger partial charge in [0.1, 0.15) is 11.4 Å². The fourth-order valence-corrected chi connectivity index (χ4v) is 5.56. The van der Waals surface area contributed by atoms with Gasteiger partial charge in [-0.2, -0.15) is 0 Å². The summed E-state index contributed by atoms with van der Waals surface area (Å²) in [6.45, 7) is 0.909. The third-order valence-electron chi connectivity index (χ3n) is 6.67. The number of ether oxygens (including phenoxy) is 1. The Morgan fingerprint density at radius 3 is 2.54 bits per heavy atom. The van der Waals surface area contributed by atoms with E-state index in [4.69, 9.17) is 15.6 Å². The first-order valence-electron chi connectivity index (χ1n) is 13.0. The summed E-state index contributed by atoms with van der Waals surface area (Å²) in [6, 6.07) is 15.4. The molecular formula is C30H28N4O6S. The van der Waals surface area contributed by atoms with Gasteiger partial charge in [-0.3, -0.25) is 9.59 Å². The van der Waals surface area contributed by atoms with Crippen molar-refractivity contribution in [1.82, 2.24) is 10.3 Å². The summed E-state index contributed by atoms with van der Waals surface area (Å²) in [4.78, 5) is 43.8. The molecule has 0 unspecified atom stereocenters. The lowest BCUT2D eigenvalue weighted by molar-refractivity contribution is 0.0691. The molecule has 6 N–H and O–H groups in total. The van der Waals surface area contributed by atoms with Gasteiger partial charge in [-0.15, -0.1) is 11.3 Å². The number of hydrogen-bond donors (Lipinski definition) is 5. The Kier molecular flexibility index (Phi) is 8.39. The van der Waals surface area contributed by atoms with Gasteiger partial charge in [-0.05, 0) is 65.4 Å². The van der Waals surface area contributed by atoms with Crippen molar-refractivity contribution in [3.05, 3.63) is 88.1 Å². The number of anilines is 1. The zero-order valence-corrected chi connectivity index (χ0v) is 22.8. The van der Waals surface area contributed by atoms with Crippen LogP contribution in [-0.2, 0) is 13.0 Å². The van der Waals surface area contributed by atoms with Crippen LogP contribution in [0.1, 0.15) is 48.9 Å². The molecule has 0 radical (unpaired) electrons. The molecule has 3 heterocycles. The summed E-state index contributed by atoms with van der Waals surface area (Å²) in [5.74, 6) is -1.85. The molecule has 0 saturated heterocycles. The molecule has 2 aromatic heterocycles. The summed E-state index contributed by atoms with van der Waals surface area (Å²) in [7, 11) is 0. The molecule has 0 bridgehead atoms. The van der Waals surface area contributed by atoms with E-state index in [0.29, 0.717) is 43.0 Å². The van der Waals surface area contributed by atoms with E-state index < -0.39 is 17.8 Å². The monoisotopic (exact) mass is 572 g/mol. The van der Waals surface area contributed by atoms with Crippen LogP contribution < -0.4 is 21.1 Å². The number of aliphatic hydroxyl groups excluding tert-OH is 1. The number of pyridine rings is 1. The molecule has 0 fully saturated rings. The summed E-state index contributed by atoms with van der Waals surface area (Å²) in [5, 5.41) is 26.5. The van der Waals surface area contributed by atoms with Crippen LogP contribution in [-0.4, -0.2) is 52.7 Å². The molecule has 0 aliphatic carbocycles. The number of carbonyl (C=O) groups is 3. The Bertz CT molecular complexity index is 1620. The zero-order chi connectivity index (χ0) is 28.9. The fourth-order valence-electron chi connectivity index (χ4n) is 4.59. The Morgan fingerprint density at radius 2 is 1.80 bits per heavy atom. The van der Waals surface area contributed by atoms with E-state index in [1.54, 1.807) is 35.6 Å². The van der Waals surface area contributed by atoms with Crippen molar-refractivity contribution in [2.24, 2.45) is 5.73 Å². The molecule has 4 aromatic rings. The van der Waals surface area contributed by atoms with Crippen molar-refractivity contribution < 1.29 is 29.3 Å². The number of carboxylic acid groups (broad SMARTS) is 1. The van der Waals surface area contributed by atoms with Crippen LogP contribution in [0.25, 0.3) is 21.6 Å². The predicted molar refractivity (Wildman–Crippen MR) is 155 cm³/mol. The molecule has 1 aliphatic rings. The number of thiophene rings is 1. The average Bonchev–Trinajstić information content (AvgIpc) is 3.38. The quantitative estimate of drug-likeness (QED) is 0.188. The number of hydrogen-bond acceptors (Lipinski definition) is 8. The van der Waals surface area contributed by atoms with Crippen molar-refractivity contribution in [2.75, 3.05) is 25.1 Å². The number of nitrogens with one attached hydrogen (secondary N) is 2. The van der Waals surface area contributed by atoms with Gasteiger partial charge < -0.3 is 31.3 Å². The Balaban J connectivity index is 1.62. The molecule has 0 atom stereocenters. The molecule has 0 saturated carbocycles. The van der Waals surface area contributed by atoms with Crippen molar-refractivity contribution in [2.45, 2.75) is 19.4 Å². The Labute approximate surface area is 239 Å². The zero-order valence-electron chi connectivity index (χ0n) is 22.0. The van der Waals surface area contributed by atoms with Crippen molar-refractivity contribution in [1.29, 1.82) is 0 Å². The molecule has 5 rings (SSSR count). The Morgan fingerprint density at radius 1 is 1.00 bits per heavy atom. The lowest BCUT2D eigenvalue weighted by Gasteiger charge is -2.17. The van der Waals surface area contributed by atoms with Crippen molar-refractivity contribution in [3.8, 4) is 27.3 Å². The number of nitrogens with zero attached hydrogens (tertiary/aromatic N) is 1. The lowest BCUT2D eigenvalue weighted by Crippen LogP contribution is -2.26. The highest BCUT2D eigenvalue weighted by atomic mass is 32.1. The largest absolute Gasteiger partial charge is 0.493 e. The van der Waals surface area contributed by atoms with Gasteiger partial charge in [0.05, 0.1) is 6.61 Å². The normalized spacial score (nSPS) is 12.0. The highest BCUT2D eigenvalue weighted by Gasteiger charge is 2.26. The summed E-state index contributed by atoms with van der Waals surface area (Å²) < 4.78 is 6.06. The van der Waals surface area contributed by atoms with Crippen LogP contribution in [0.5, 0.6) is 5.75 Å². The van der Waals surface area contributed by atoms with E-state index in [2.05, 4.69) is 15.6 Å². The number of aromatic nitrogens is 1. The van der Waals surface area contributed by atoms with Crippen LogP contribution >= 0.6 is 11.3 Å². The number of carboxylic acids is 1. The molecule has 10 nitrogen and oxygen atoms in total. The standard InChI is InChI=1S/C30H28N4O6S/c31-16-17-2-4-19(5-3-17)33-28(36)22-14-23-25(40-12-8-18-9-13-41-27(18)23)15-21(22)20-6-7-24(34-26(20)30(38)39)29(37)32-10-1-11-35/h2-7,9,13-15,35H,1,8,10-12,16,31H2,(H,32,37)(H,33,36)(H,38,39). The van der Waals surface area contributed by atoms with E-state index in [1.807, 2.05) is 23.6 Å².